The molecule has 1 aromatic carbocycles. The summed E-state index contributed by atoms with van der Waals surface area (Å²) in [5.41, 5.74) is 0.606. The minimum atomic E-state index is -4.52. The fourth-order valence-corrected chi connectivity index (χ4v) is 4.89. The fourth-order valence-electron chi connectivity index (χ4n) is 4.58. The van der Waals surface area contributed by atoms with Gasteiger partial charge in [-0.15, -0.1) is 0 Å². The Morgan fingerprint density at radius 2 is 1.81 bits per heavy atom. The molecule has 0 bridgehead atoms. The number of benzene rings is 1. The van der Waals surface area contributed by atoms with Crippen molar-refractivity contribution in [1.29, 1.82) is 0 Å². The maximum atomic E-state index is 13.9. The molecule has 4 rings (SSSR count). The number of rotatable bonds is 2. The first-order valence-electron chi connectivity index (χ1n) is 10.3. The van der Waals surface area contributed by atoms with Crippen molar-refractivity contribution in [3.63, 3.8) is 0 Å². The van der Waals surface area contributed by atoms with Crippen molar-refractivity contribution >= 4 is 34.9 Å². The third-order valence-corrected chi connectivity index (χ3v) is 6.92. The van der Waals surface area contributed by atoms with Gasteiger partial charge in [0.25, 0.3) is 5.91 Å². The third kappa shape index (κ3) is 4.24. The molecule has 1 fully saturated rings. The van der Waals surface area contributed by atoms with Crippen LogP contribution in [-0.4, -0.2) is 38.8 Å². The molecule has 168 valence electrons. The van der Waals surface area contributed by atoms with Gasteiger partial charge < -0.3 is 10.2 Å². The van der Waals surface area contributed by atoms with Crippen molar-refractivity contribution in [2.45, 2.75) is 69.9 Å². The van der Waals surface area contributed by atoms with Gasteiger partial charge in [-0.1, -0.05) is 29.3 Å². The number of carbonyl (C=O) groups is 1. The van der Waals surface area contributed by atoms with Crippen LogP contribution < -0.4 is 5.32 Å². The summed E-state index contributed by atoms with van der Waals surface area (Å²) in [7, 11) is 0. The van der Waals surface area contributed by atoms with Crippen LogP contribution in [0.3, 0.4) is 0 Å². The Morgan fingerprint density at radius 1 is 1.13 bits per heavy atom. The number of amides is 1. The van der Waals surface area contributed by atoms with E-state index in [-0.39, 0.29) is 40.9 Å². The summed E-state index contributed by atoms with van der Waals surface area (Å²) in [5.74, 6) is -0.180. The van der Waals surface area contributed by atoms with E-state index in [4.69, 9.17) is 23.2 Å². The van der Waals surface area contributed by atoms with Gasteiger partial charge in [0.15, 0.2) is 11.7 Å². The molecule has 2 aromatic rings. The Balaban J connectivity index is 1.69. The van der Waals surface area contributed by atoms with Crippen LogP contribution in [0.25, 0.3) is 0 Å². The number of halogens is 5. The number of likely N-dealkylation sites (tertiary alicyclic amines) is 1. The summed E-state index contributed by atoms with van der Waals surface area (Å²) < 4.78 is 42.6. The number of nitrogens with zero attached hydrogens (tertiary/aromatic N) is 3. The molecule has 0 saturated carbocycles. The first-order valence-corrected chi connectivity index (χ1v) is 11.0. The standard InChI is InChI=1S/C21H23Cl2F3N4O/c1-11-4-3-5-12(2)29(11)20(31)17-10-19-27-16(13-6-7-14(22)15(23)8-13)9-18(21(24,25)26)30(19)28-17/h6-8,10-12,16,18,27H,3-5,9H2,1-2H3/t11-,12+,16-,18+/m0/s1. The van der Waals surface area contributed by atoms with Crippen LogP contribution in [0.4, 0.5) is 19.0 Å². The summed E-state index contributed by atoms with van der Waals surface area (Å²) >= 11 is 12.0. The molecule has 1 aromatic heterocycles. The number of fused-ring (bicyclic) bond motifs is 1. The average molecular weight is 475 g/mol. The Kier molecular flexibility index (Phi) is 5.89. The van der Waals surface area contributed by atoms with Crippen LogP contribution in [0.5, 0.6) is 0 Å². The Labute approximate surface area is 188 Å². The van der Waals surface area contributed by atoms with Crippen molar-refractivity contribution in [1.82, 2.24) is 14.7 Å². The average Bonchev–Trinajstić information content (AvgIpc) is 3.12. The summed E-state index contributed by atoms with van der Waals surface area (Å²) in [5, 5.41) is 7.79. The fraction of sp³-hybridized carbons (Fsp3) is 0.524. The molecule has 1 N–H and O–H groups in total. The number of carbonyl (C=O) groups excluding carboxylic acids is 1. The van der Waals surface area contributed by atoms with E-state index in [0.29, 0.717) is 10.6 Å². The van der Waals surface area contributed by atoms with Gasteiger partial charge in [-0.25, -0.2) is 4.68 Å². The Morgan fingerprint density at radius 3 is 2.42 bits per heavy atom. The van der Waals surface area contributed by atoms with E-state index in [1.54, 1.807) is 23.1 Å². The van der Waals surface area contributed by atoms with Gasteiger partial charge in [0.1, 0.15) is 5.82 Å². The van der Waals surface area contributed by atoms with Crippen molar-refractivity contribution in [3.8, 4) is 0 Å². The molecule has 0 aliphatic carbocycles. The van der Waals surface area contributed by atoms with Gasteiger partial charge in [-0.3, -0.25) is 4.79 Å². The number of piperidine rings is 1. The van der Waals surface area contributed by atoms with Crippen molar-refractivity contribution in [2.75, 3.05) is 5.32 Å². The zero-order valence-corrected chi connectivity index (χ0v) is 18.6. The second kappa shape index (κ2) is 8.20. The van der Waals surface area contributed by atoms with Crippen molar-refractivity contribution in [3.05, 3.63) is 45.6 Å². The van der Waals surface area contributed by atoms with Gasteiger partial charge in [-0.05, 0) is 50.8 Å². The highest BCUT2D eigenvalue weighted by atomic mass is 35.5. The molecule has 0 spiro atoms. The first kappa shape index (κ1) is 22.3. The lowest BCUT2D eigenvalue weighted by Gasteiger charge is -2.38. The topological polar surface area (TPSA) is 50.2 Å². The molecule has 1 amide bonds. The molecule has 5 nitrogen and oxygen atoms in total. The zero-order valence-electron chi connectivity index (χ0n) is 17.1. The summed E-state index contributed by atoms with van der Waals surface area (Å²) in [6.45, 7) is 3.92. The molecular formula is C21H23Cl2F3N4O. The summed E-state index contributed by atoms with van der Waals surface area (Å²) in [4.78, 5) is 14.9. The SMILES string of the molecule is C[C@@H]1CCC[C@H](C)N1C(=O)c1cc2n(n1)[C@@H](C(F)(F)F)C[C@@H](c1ccc(Cl)c(Cl)c1)N2. The van der Waals surface area contributed by atoms with E-state index in [1.807, 2.05) is 13.8 Å². The lowest BCUT2D eigenvalue weighted by molar-refractivity contribution is -0.173. The monoisotopic (exact) mass is 474 g/mol. The lowest BCUT2D eigenvalue weighted by atomic mass is 9.96. The smallest absolute Gasteiger partial charge is 0.363 e. The molecule has 31 heavy (non-hydrogen) atoms. The molecule has 0 radical (unpaired) electrons. The second-order valence-electron chi connectivity index (χ2n) is 8.36. The highest BCUT2D eigenvalue weighted by molar-refractivity contribution is 6.42. The zero-order chi connectivity index (χ0) is 22.5. The van der Waals surface area contributed by atoms with Gasteiger partial charge in [-0.2, -0.15) is 18.3 Å². The van der Waals surface area contributed by atoms with Crippen LogP contribution in [0.15, 0.2) is 24.3 Å². The third-order valence-electron chi connectivity index (χ3n) is 6.18. The van der Waals surface area contributed by atoms with Gasteiger partial charge in [0.05, 0.1) is 16.1 Å². The molecule has 3 heterocycles. The normalized spacial score (nSPS) is 26.4. The molecule has 2 aliphatic rings. The number of hydrogen-bond acceptors (Lipinski definition) is 3. The Bertz CT molecular complexity index is 983. The largest absolute Gasteiger partial charge is 0.410 e. The molecule has 10 heteroatoms. The van der Waals surface area contributed by atoms with Crippen molar-refractivity contribution < 1.29 is 18.0 Å². The molecular weight excluding hydrogens is 452 g/mol. The number of aromatic nitrogens is 2. The molecule has 0 unspecified atom stereocenters. The quantitative estimate of drug-likeness (QED) is 0.559. The maximum absolute atomic E-state index is 13.9. The van der Waals surface area contributed by atoms with Crippen LogP contribution >= 0.6 is 23.2 Å². The summed E-state index contributed by atoms with van der Waals surface area (Å²) in [6, 6.07) is 3.71. The van der Waals surface area contributed by atoms with E-state index in [1.165, 1.54) is 6.07 Å². The number of anilines is 1. The van der Waals surface area contributed by atoms with Crippen LogP contribution in [0, 0.1) is 0 Å². The number of alkyl halides is 3. The van der Waals surface area contributed by atoms with E-state index in [0.717, 1.165) is 23.9 Å². The highest BCUT2D eigenvalue weighted by Gasteiger charge is 2.47. The van der Waals surface area contributed by atoms with Gasteiger partial charge >= 0.3 is 6.18 Å². The van der Waals surface area contributed by atoms with Crippen molar-refractivity contribution in [2.24, 2.45) is 0 Å². The van der Waals surface area contributed by atoms with Crippen LogP contribution in [0.1, 0.15) is 67.7 Å². The van der Waals surface area contributed by atoms with Gasteiger partial charge in [0, 0.05) is 24.6 Å². The van der Waals surface area contributed by atoms with E-state index in [9.17, 15) is 18.0 Å². The van der Waals surface area contributed by atoms with Crippen LogP contribution in [-0.2, 0) is 0 Å². The van der Waals surface area contributed by atoms with E-state index in [2.05, 4.69) is 10.4 Å². The predicted molar refractivity (Wildman–Crippen MR) is 114 cm³/mol. The molecule has 4 atom stereocenters. The number of hydrogen-bond donors (Lipinski definition) is 1. The van der Waals surface area contributed by atoms with Gasteiger partial charge in [0.2, 0.25) is 0 Å². The predicted octanol–water partition coefficient (Wildman–Crippen LogP) is 6.25. The minimum absolute atomic E-state index is 0.0188. The molecule has 1 saturated heterocycles. The summed E-state index contributed by atoms with van der Waals surface area (Å²) in [6.07, 6.45) is -2.04. The van der Waals surface area contributed by atoms with E-state index >= 15 is 0 Å². The minimum Gasteiger partial charge on any atom is -0.363 e. The van der Waals surface area contributed by atoms with E-state index < -0.39 is 18.3 Å². The number of nitrogens with one attached hydrogen (secondary N) is 1. The Hall–Kier alpha value is -1.93. The first-order chi connectivity index (χ1) is 14.6. The second-order valence-corrected chi connectivity index (χ2v) is 9.18. The van der Waals surface area contributed by atoms with Crippen LogP contribution in [0.2, 0.25) is 10.0 Å². The lowest BCUT2D eigenvalue weighted by Crippen LogP contribution is -2.47. The maximum Gasteiger partial charge on any atom is 0.410 e. The highest BCUT2D eigenvalue weighted by Crippen LogP contribution is 2.44. The molecule has 2 aliphatic heterocycles.